The molecule has 0 spiro atoms. The number of rotatable bonds is 3. The summed E-state index contributed by atoms with van der Waals surface area (Å²) in [6, 6.07) is 3.60. The van der Waals surface area contributed by atoms with Gasteiger partial charge in [-0.05, 0) is 38.5 Å². The molecule has 1 amide bonds. The summed E-state index contributed by atoms with van der Waals surface area (Å²) in [6.45, 7) is 5.50. The lowest BCUT2D eigenvalue weighted by molar-refractivity contribution is -0.153. The molecule has 0 saturated carbocycles. The number of hydrogen-bond donors (Lipinski definition) is 0. The van der Waals surface area contributed by atoms with E-state index >= 15 is 0 Å². The third kappa shape index (κ3) is 3.63. The summed E-state index contributed by atoms with van der Waals surface area (Å²) in [7, 11) is 3.38. The summed E-state index contributed by atoms with van der Waals surface area (Å²) >= 11 is 0. The number of pyridine rings is 1. The second kappa shape index (κ2) is 5.79. The number of carbonyl (C=O) groups excluding carboxylic acids is 2. The van der Waals surface area contributed by atoms with E-state index in [4.69, 9.17) is 4.74 Å². The second-order valence-electron chi connectivity index (χ2n) is 6.39. The molecule has 0 radical (unpaired) electrons. The van der Waals surface area contributed by atoms with Gasteiger partial charge in [-0.25, -0.2) is 4.52 Å². The van der Waals surface area contributed by atoms with Gasteiger partial charge in [0.1, 0.15) is 5.60 Å². The number of nitrogens with zero attached hydrogens (tertiary/aromatic N) is 3. The van der Waals surface area contributed by atoms with Gasteiger partial charge in [-0.3, -0.25) is 9.59 Å². The fourth-order valence-corrected chi connectivity index (χ4v) is 2.08. The Balaban J connectivity index is 2.28. The van der Waals surface area contributed by atoms with Crippen molar-refractivity contribution < 1.29 is 14.3 Å². The first-order chi connectivity index (χ1) is 10.2. The first kappa shape index (κ1) is 16.0. The molecule has 2 aromatic rings. The minimum Gasteiger partial charge on any atom is -0.460 e. The predicted octanol–water partition coefficient (Wildman–Crippen LogP) is 1.92. The molecule has 0 aliphatic carbocycles. The van der Waals surface area contributed by atoms with Gasteiger partial charge in [0.15, 0.2) is 0 Å². The maximum atomic E-state index is 12.1. The summed E-state index contributed by atoms with van der Waals surface area (Å²) < 4.78 is 6.93. The van der Waals surface area contributed by atoms with Crippen molar-refractivity contribution in [1.82, 2.24) is 14.5 Å². The molecule has 22 heavy (non-hydrogen) atoms. The monoisotopic (exact) mass is 303 g/mol. The highest BCUT2D eigenvalue weighted by molar-refractivity contribution is 6.00. The normalized spacial score (nSPS) is 11.5. The molecule has 0 fully saturated rings. The smallest absolute Gasteiger partial charge is 0.310 e. The number of ether oxygens (including phenoxy) is 1. The minimum atomic E-state index is -0.510. The van der Waals surface area contributed by atoms with E-state index in [1.54, 1.807) is 36.9 Å². The average Bonchev–Trinajstić information content (AvgIpc) is 2.78. The van der Waals surface area contributed by atoms with E-state index in [9.17, 15) is 9.59 Å². The van der Waals surface area contributed by atoms with Gasteiger partial charge in [-0.2, -0.15) is 5.10 Å². The van der Waals surface area contributed by atoms with E-state index in [0.29, 0.717) is 11.1 Å². The highest BCUT2D eigenvalue weighted by atomic mass is 16.6. The molecular formula is C16H21N3O3. The van der Waals surface area contributed by atoms with Crippen LogP contribution >= 0.6 is 0 Å². The first-order valence-electron chi connectivity index (χ1n) is 7.07. The Morgan fingerprint density at radius 1 is 1.32 bits per heavy atom. The maximum absolute atomic E-state index is 12.1. The van der Waals surface area contributed by atoms with Crippen molar-refractivity contribution >= 4 is 17.4 Å². The lowest BCUT2D eigenvalue weighted by Gasteiger charge is -2.19. The van der Waals surface area contributed by atoms with Gasteiger partial charge in [0.2, 0.25) is 0 Å². The number of amides is 1. The molecule has 0 aliphatic rings. The lowest BCUT2D eigenvalue weighted by atomic mass is 10.1. The quantitative estimate of drug-likeness (QED) is 0.813. The van der Waals surface area contributed by atoms with Crippen LogP contribution in [0.25, 0.3) is 5.52 Å². The molecule has 0 atom stereocenters. The number of hydrogen-bond acceptors (Lipinski definition) is 4. The second-order valence-corrected chi connectivity index (χ2v) is 6.39. The minimum absolute atomic E-state index is 0.121. The van der Waals surface area contributed by atoms with Gasteiger partial charge in [0.25, 0.3) is 5.91 Å². The van der Waals surface area contributed by atoms with Gasteiger partial charge in [-0.15, -0.1) is 0 Å². The number of esters is 1. The summed E-state index contributed by atoms with van der Waals surface area (Å²) in [6.07, 6.45) is 3.44. The van der Waals surface area contributed by atoms with Crippen molar-refractivity contribution in [3.05, 3.63) is 35.7 Å². The third-order valence-electron chi connectivity index (χ3n) is 2.99. The highest BCUT2D eigenvalue weighted by Gasteiger charge is 2.18. The topological polar surface area (TPSA) is 63.9 Å². The van der Waals surface area contributed by atoms with Gasteiger partial charge in [0.05, 0.1) is 23.7 Å². The van der Waals surface area contributed by atoms with Crippen LogP contribution in [0, 0.1) is 0 Å². The largest absolute Gasteiger partial charge is 0.460 e. The number of aromatic nitrogens is 2. The van der Waals surface area contributed by atoms with E-state index in [1.165, 1.54) is 11.1 Å². The van der Waals surface area contributed by atoms with Crippen molar-refractivity contribution in [2.75, 3.05) is 14.1 Å². The predicted molar refractivity (Wildman–Crippen MR) is 82.8 cm³/mol. The van der Waals surface area contributed by atoms with Crippen LogP contribution in [-0.2, 0) is 16.0 Å². The Bertz CT molecular complexity index is 711. The van der Waals surface area contributed by atoms with E-state index in [-0.39, 0.29) is 18.3 Å². The summed E-state index contributed by atoms with van der Waals surface area (Å²) in [4.78, 5) is 25.5. The van der Waals surface area contributed by atoms with Crippen molar-refractivity contribution in [2.24, 2.45) is 0 Å². The van der Waals surface area contributed by atoms with Crippen LogP contribution in [0.3, 0.4) is 0 Å². The third-order valence-corrected chi connectivity index (χ3v) is 2.99. The van der Waals surface area contributed by atoms with Crippen LogP contribution in [0.1, 0.15) is 36.7 Å². The standard InChI is InChI=1S/C16H21N3O3/c1-16(2,3)22-14(20)9-11-6-7-19-13(8-11)12(10-17-19)15(21)18(4)5/h6-8,10H,9H2,1-5H3. The van der Waals surface area contributed by atoms with Crippen molar-refractivity contribution in [2.45, 2.75) is 32.8 Å². The molecular weight excluding hydrogens is 282 g/mol. The van der Waals surface area contributed by atoms with Crippen LogP contribution in [0.2, 0.25) is 0 Å². The van der Waals surface area contributed by atoms with Gasteiger partial charge in [-0.1, -0.05) is 0 Å². The molecule has 0 N–H and O–H groups in total. The summed E-state index contributed by atoms with van der Waals surface area (Å²) in [5.74, 6) is -0.415. The molecule has 0 unspecified atom stereocenters. The molecule has 6 nitrogen and oxygen atoms in total. The first-order valence-corrected chi connectivity index (χ1v) is 7.07. The van der Waals surface area contributed by atoms with Crippen LogP contribution in [0.15, 0.2) is 24.5 Å². The van der Waals surface area contributed by atoms with E-state index in [0.717, 1.165) is 5.56 Å². The van der Waals surface area contributed by atoms with E-state index in [2.05, 4.69) is 5.10 Å². The Kier molecular flexibility index (Phi) is 4.21. The van der Waals surface area contributed by atoms with Gasteiger partial charge in [0, 0.05) is 20.3 Å². The fourth-order valence-electron chi connectivity index (χ4n) is 2.08. The Morgan fingerprint density at radius 3 is 2.59 bits per heavy atom. The number of carbonyl (C=O) groups is 2. The van der Waals surface area contributed by atoms with Crippen molar-refractivity contribution in [3.63, 3.8) is 0 Å². The average molecular weight is 303 g/mol. The van der Waals surface area contributed by atoms with Crippen LogP contribution in [0.4, 0.5) is 0 Å². The van der Waals surface area contributed by atoms with Crippen LogP contribution in [-0.4, -0.2) is 46.1 Å². The Morgan fingerprint density at radius 2 is 2.00 bits per heavy atom. The van der Waals surface area contributed by atoms with Gasteiger partial charge < -0.3 is 9.64 Å². The molecule has 0 aromatic carbocycles. The zero-order valence-corrected chi connectivity index (χ0v) is 13.6. The zero-order chi connectivity index (χ0) is 16.5. The maximum Gasteiger partial charge on any atom is 0.310 e. The zero-order valence-electron chi connectivity index (χ0n) is 13.6. The molecule has 0 bridgehead atoms. The molecule has 0 saturated heterocycles. The lowest BCUT2D eigenvalue weighted by Crippen LogP contribution is -2.25. The van der Waals surface area contributed by atoms with Gasteiger partial charge >= 0.3 is 5.97 Å². The summed E-state index contributed by atoms with van der Waals surface area (Å²) in [5, 5.41) is 4.15. The summed E-state index contributed by atoms with van der Waals surface area (Å²) in [5.41, 5.74) is 1.47. The van der Waals surface area contributed by atoms with Crippen molar-refractivity contribution in [1.29, 1.82) is 0 Å². The van der Waals surface area contributed by atoms with E-state index in [1.807, 2.05) is 20.8 Å². The molecule has 2 rings (SSSR count). The Labute approximate surface area is 129 Å². The van der Waals surface area contributed by atoms with Crippen LogP contribution < -0.4 is 0 Å². The van der Waals surface area contributed by atoms with Crippen molar-refractivity contribution in [3.8, 4) is 0 Å². The molecule has 0 aliphatic heterocycles. The molecule has 118 valence electrons. The SMILES string of the molecule is CN(C)C(=O)c1cnn2ccc(CC(=O)OC(C)(C)C)cc12. The molecule has 6 heteroatoms. The number of fused-ring (bicyclic) bond motifs is 1. The van der Waals surface area contributed by atoms with E-state index < -0.39 is 5.60 Å². The Hall–Kier alpha value is -2.37. The fraction of sp³-hybridized carbons (Fsp3) is 0.438. The van der Waals surface area contributed by atoms with Crippen LogP contribution in [0.5, 0.6) is 0 Å². The molecule has 2 heterocycles. The highest BCUT2D eigenvalue weighted by Crippen LogP contribution is 2.16. The molecule has 2 aromatic heterocycles.